The van der Waals surface area contributed by atoms with Gasteiger partial charge in [0.25, 0.3) is 5.91 Å². The van der Waals surface area contributed by atoms with Gasteiger partial charge in [-0.3, -0.25) is 4.79 Å². The van der Waals surface area contributed by atoms with Gasteiger partial charge in [0, 0.05) is 18.9 Å². The molecule has 2 aromatic rings. The number of nitrogens with zero attached hydrogens (tertiary/aromatic N) is 2. The first-order valence-corrected chi connectivity index (χ1v) is 7.96. The number of nitrogens with one attached hydrogen (secondary N) is 1. The fourth-order valence-electron chi connectivity index (χ4n) is 1.91. The van der Waals surface area contributed by atoms with Crippen molar-refractivity contribution in [3.8, 4) is 6.07 Å². The van der Waals surface area contributed by atoms with Gasteiger partial charge in [0.1, 0.15) is 22.5 Å². The molecule has 0 spiro atoms. The van der Waals surface area contributed by atoms with E-state index < -0.39 is 21.7 Å². The predicted molar refractivity (Wildman–Crippen MR) is 80.9 cm³/mol. The normalized spacial score (nSPS) is 11.1. The van der Waals surface area contributed by atoms with Gasteiger partial charge < -0.3 is 9.88 Å². The Morgan fingerprint density at radius 3 is 2.65 bits per heavy atom. The number of hydrogen-bond acceptors (Lipinski definition) is 4. The van der Waals surface area contributed by atoms with E-state index in [-0.39, 0.29) is 26.9 Å². The number of primary sulfonamides is 1. The number of halogens is 2. The average Bonchev–Trinajstić information content (AvgIpc) is 2.76. The Hall–Kier alpha value is -2.41. The molecule has 3 N–H and O–H groups in total. The van der Waals surface area contributed by atoms with E-state index in [4.69, 9.17) is 22.0 Å². The lowest BCUT2D eigenvalue weighted by Crippen LogP contribution is -2.16. The van der Waals surface area contributed by atoms with Crippen LogP contribution < -0.4 is 10.5 Å². The highest BCUT2D eigenvalue weighted by Gasteiger charge is 2.24. The number of sulfonamides is 1. The molecule has 1 heterocycles. The maximum absolute atomic E-state index is 13.3. The summed E-state index contributed by atoms with van der Waals surface area (Å²) in [6.45, 7) is 0. The van der Waals surface area contributed by atoms with Crippen LogP contribution in [0.15, 0.2) is 29.3 Å². The molecule has 1 aromatic heterocycles. The fraction of sp³-hybridized carbons (Fsp3) is 0.0769. The Labute approximate surface area is 136 Å². The van der Waals surface area contributed by atoms with Crippen LogP contribution in [0.1, 0.15) is 16.1 Å². The van der Waals surface area contributed by atoms with E-state index in [1.807, 2.05) is 0 Å². The van der Waals surface area contributed by atoms with E-state index in [1.54, 1.807) is 6.07 Å². The molecule has 0 aliphatic heterocycles. The summed E-state index contributed by atoms with van der Waals surface area (Å²) in [7, 11) is -2.67. The van der Waals surface area contributed by atoms with Gasteiger partial charge in [-0.1, -0.05) is 11.6 Å². The van der Waals surface area contributed by atoms with Gasteiger partial charge in [0.2, 0.25) is 10.0 Å². The summed E-state index contributed by atoms with van der Waals surface area (Å²) >= 11 is 5.91. The van der Waals surface area contributed by atoms with Crippen LogP contribution in [0.25, 0.3) is 0 Å². The lowest BCUT2D eigenvalue weighted by Gasteiger charge is -2.07. The van der Waals surface area contributed by atoms with E-state index in [1.165, 1.54) is 17.7 Å². The summed E-state index contributed by atoms with van der Waals surface area (Å²) in [5, 5.41) is 15.9. The van der Waals surface area contributed by atoms with Crippen LogP contribution in [-0.4, -0.2) is 18.9 Å². The van der Waals surface area contributed by atoms with Gasteiger partial charge in [-0.15, -0.1) is 0 Å². The molecule has 0 fully saturated rings. The molecule has 10 heteroatoms. The molecule has 0 aliphatic carbocycles. The molecule has 0 saturated heterocycles. The maximum Gasteiger partial charge on any atom is 0.273 e. The van der Waals surface area contributed by atoms with Crippen molar-refractivity contribution in [2.24, 2.45) is 12.2 Å². The number of aromatic nitrogens is 1. The maximum atomic E-state index is 13.3. The molecular weight excluding hydrogens is 347 g/mol. The molecule has 0 saturated carbocycles. The van der Waals surface area contributed by atoms with Crippen LogP contribution in [-0.2, 0) is 17.1 Å². The highest BCUT2D eigenvalue weighted by molar-refractivity contribution is 7.89. The zero-order valence-electron chi connectivity index (χ0n) is 11.7. The lowest BCUT2D eigenvalue weighted by molar-refractivity contribution is 0.101. The number of nitriles is 1. The second-order valence-corrected chi connectivity index (χ2v) is 6.48. The number of carbonyl (C=O) groups excluding carboxylic acids is 1. The van der Waals surface area contributed by atoms with E-state index >= 15 is 0 Å². The Balaban J connectivity index is 2.40. The smallest absolute Gasteiger partial charge is 0.273 e. The van der Waals surface area contributed by atoms with Crippen molar-refractivity contribution < 1.29 is 17.6 Å². The second-order valence-electron chi connectivity index (χ2n) is 4.57. The molecule has 1 aromatic carbocycles. The monoisotopic (exact) mass is 356 g/mol. The van der Waals surface area contributed by atoms with Gasteiger partial charge in [-0.2, -0.15) is 5.26 Å². The Kier molecular flexibility index (Phi) is 4.42. The molecule has 7 nitrogen and oxygen atoms in total. The molecule has 1 amide bonds. The second kappa shape index (κ2) is 6.00. The number of rotatable bonds is 3. The van der Waals surface area contributed by atoms with Crippen LogP contribution in [0.4, 0.5) is 10.1 Å². The minimum atomic E-state index is -4.08. The highest BCUT2D eigenvalue weighted by Crippen LogP contribution is 2.27. The van der Waals surface area contributed by atoms with Crippen LogP contribution in [0.3, 0.4) is 0 Å². The molecule has 0 bridgehead atoms. The van der Waals surface area contributed by atoms with Crippen molar-refractivity contribution >= 4 is 33.2 Å². The van der Waals surface area contributed by atoms with Crippen LogP contribution >= 0.6 is 11.6 Å². The number of hydrogen-bond donors (Lipinski definition) is 2. The van der Waals surface area contributed by atoms with Crippen LogP contribution in [0.2, 0.25) is 5.02 Å². The molecule has 120 valence electrons. The van der Waals surface area contributed by atoms with Crippen molar-refractivity contribution in [1.82, 2.24) is 4.57 Å². The first-order chi connectivity index (χ1) is 10.6. The van der Waals surface area contributed by atoms with Crippen molar-refractivity contribution in [3.63, 3.8) is 0 Å². The summed E-state index contributed by atoms with van der Waals surface area (Å²) in [4.78, 5) is 11.9. The van der Waals surface area contributed by atoms with E-state index in [9.17, 15) is 17.6 Å². The first kappa shape index (κ1) is 17.0. The van der Waals surface area contributed by atoms with Crippen molar-refractivity contribution in [2.45, 2.75) is 4.90 Å². The van der Waals surface area contributed by atoms with E-state index in [0.717, 1.165) is 18.3 Å². The molecule has 0 atom stereocenters. The Morgan fingerprint density at radius 2 is 2.13 bits per heavy atom. The number of amides is 1. The van der Waals surface area contributed by atoms with Gasteiger partial charge in [-0.25, -0.2) is 17.9 Å². The van der Waals surface area contributed by atoms with Crippen molar-refractivity contribution in [3.05, 3.63) is 46.5 Å². The van der Waals surface area contributed by atoms with Crippen molar-refractivity contribution in [2.75, 3.05) is 5.32 Å². The summed E-state index contributed by atoms with van der Waals surface area (Å²) < 4.78 is 37.2. The van der Waals surface area contributed by atoms with Gasteiger partial charge in [0.15, 0.2) is 0 Å². The highest BCUT2D eigenvalue weighted by atomic mass is 35.5. The summed E-state index contributed by atoms with van der Waals surface area (Å²) in [5.74, 6) is -1.46. The van der Waals surface area contributed by atoms with Crippen LogP contribution in [0, 0.1) is 17.1 Å². The van der Waals surface area contributed by atoms with E-state index in [0.29, 0.717) is 0 Å². The minimum absolute atomic E-state index is 0.140. The quantitative estimate of drug-likeness (QED) is 0.867. The lowest BCUT2D eigenvalue weighted by atomic mass is 10.2. The third-order valence-corrected chi connectivity index (χ3v) is 4.37. The zero-order chi connectivity index (χ0) is 17.4. The standard InChI is InChI=1S/C13H10ClFN4O3S/c1-19-6-10(23(17,21)22)11(14)12(19)13(20)18-8-2-3-9(15)7(4-8)5-16/h2-4,6H,1H3,(H,18,20)(H2,17,21,22). The molecule has 0 radical (unpaired) electrons. The van der Waals surface area contributed by atoms with Gasteiger partial charge in [-0.05, 0) is 18.2 Å². The molecule has 0 unspecified atom stereocenters. The fourth-order valence-corrected chi connectivity index (χ4v) is 3.15. The zero-order valence-corrected chi connectivity index (χ0v) is 13.2. The topological polar surface area (TPSA) is 118 Å². The number of anilines is 1. The Bertz CT molecular complexity index is 947. The SMILES string of the molecule is Cn1cc(S(N)(=O)=O)c(Cl)c1C(=O)Nc1ccc(F)c(C#N)c1. The largest absolute Gasteiger partial charge is 0.344 e. The number of nitrogens with two attached hydrogens (primary N) is 1. The third kappa shape index (κ3) is 3.34. The van der Waals surface area contributed by atoms with Gasteiger partial charge >= 0.3 is 0 Å². The first-order valence-electron chi connectivity index (χ1n) is 6.03. The van der Waals surface area contributed by atoms with E-state index in [2.05, 4.69) is 5.32 Å². The molecule has 23 heavy (non-hydrogen) atoms. The molecular formula is C13H10ClFN4O3S. The Morgan fingerprint density at radius 1 is 1.48 bits per heavy atom. The number of carbonyl (C=O) groups is 1. The third-order valence-electron chi connectivity index (χ3n) is 2.95. The number of aryl methyl sites for hydroxylation is 1. The van der Waals surface area contributed by atoms with Crippen molar-refractivity contribution in [1.29, 1.82) is 5.26 Å². The average molecular weight is 357 g/mol. The van der Waals surface area contributed by atoms with Gasteiger partial charge in [0.05, 0.1) is 10.6 Å². The molecule has 0 aliphatic rings. The summed E-state index contributed by atoms with van der Waals surface area (Å²) in [5.41, 5.74) is -0.230. The minimum Gasteiger partial charge on any atom is -0.344 e. The predicted octanol–water partition coefficient (Wildman–Crippen LogP) is 1.59. The number of benzene rings is 1. The molecule has 2 rings (SSSR count). The summed E-state index contributed by atoms with van der Waals surface area (Å²) in [6.07, 6.45) is 1.11. The summed E-state index contributed by atoms with van der Waals surface area (Å²) in [6, 6.07) is 5.07. The van der Waals surface area contributed by atoms with Crippen LogP contribution in [0.5, 0.6) is 0 Å².